The summed E-state index contributed by atoms with van der Waals surface area (Å²) in [6.45, 7) is 3.51. The first kappa shape index (κ1) is 19.2. The lowest BCUT2D eigenvalue weighted by Crippen LogP contribution is -2.39. The van der Waals surface area contributed by atoms with Crippen LogP contribution in [-0.4, -0.2) is 11.9 Å². The van der Waals surface area contributed by atoms with Gasteiger partial charge < -0.3 is 11.1 Å². The first-order valence-electron chi connectivity index (χ1n) is 5.55. The molecular weight excluding hydrogens is 360 g/mol. The summed E-state index contributed by atoms with van der Waals surface area (Å²) in [5.41, 5.74) is 4.84. The Balaban J connectivity index is 0.00000361. The van der Waals surface area contributed by atoms with Gasteiger partial charge in [0.2, 0.25) is 5.91 Å². The minimum Gasteiger partial charge on any atom is -0.325 e. The van der Waals surface area contributed by atoms with E-state index in [0.717, 1.165) is 12.1 Å². The Bertz CT molecular complexity index is 480. The van der Waals surface area contributed by atoms with Gasteiger partial charge in [-0.25, -0.2) is 0 Å². The number of halogens is 5. The van der Waals surface area contributed by atoms with Crippen LogP contribution in [0, 0.1) is 5.92 Å². The Labute approximate surface area is 129 Å². The lowest BCUT2D eigenvalue weighted by atomic mass is 10.0. The molecule has 1 aromatic rings. The van der Waals surface area contributed by atoms with Crippen molar-refractivity contribution in [2.45, 2.75) is 26.1 Å². The predicted molar refractivity (Wildman–Crippen MR) is 77.8 cm³/mol. The average molecular weight is 376 g/mol. The van der Waals surface area contributed by atoms with E-state index in [2.05, 4.69) is 21.2 Å². The maximum atomic E-state index is 12.6. The fourth-order valence-electron chi connectivity index (χ4n) is 1.35. The van der Waals surface area contributed by atoms with Crippen LogP contribution in [0.3, 0.4) is 0 Å². The SMILES string of the molecule is CC(C)[C@@H](N)C(=O)Nc1cc(Br)cc(C(F)(F)F)c1.Cl. The fourth-order valence-corrected chi connectivity index (χ4v) is 1.85. The molecular formula is C12H15BrClF3N2O. The molecule has 0 fully saturated rings. The minimum absolute atomic E-state index is 0. The molecule has 8 heteroatoms. The van der Waals surface area contributed by atoms with Crippen LogP contribution >= 0.6 is 28.3 Å². The Kier molecular flexibility index (Phi) is 7.00. The number of nitrogens with one attached hydrogen (secondary N) is 1. The number of amides is 1. The zero-order chi connectivity index (χ0) is 14.8. The Morgan fingerprint density at radius 1 is 1.30 bits per heavy atom. The molecule has 0 aliphatic heterocycles. The molecule has 1 atom stereocenters. The Morgan fingerprint density at radius 3 is 2.30 bits per heavy atom. The maximum Gasteiger partial charge on any atom is 0.416 e. The van der Waals surface area contributed by atoms with Crippen molar-refractivity contribution < 1.29 is 18.0 Å². The molecule has 0 aliphatic carbocycles. The van der Waals surface area contributed by atoms with E-state index < -0.39 is 23.7 Å². The summed E-state index contributed by atoms with van der Waals surface area (Å²) in [4.78, 5) is 11.7. The minimum atomic E-state index is -4.47. The number of carbonyl (C=O) groups excluding carboxylic acids is 1. The third kappa shape index (κ3) is 5.30. The third-order valence-corrected chi connectivity index (χ3v) is 2.97. The first-order chi connectivity index (χ1) is 8.61. The van der Waals surface area contributed by atoms with Crippen LogP contribution in [0.5, 0.6) is 0 Å². The van der Waals surface area contributed by atoms with E-state index in [-0.39, 0.29) is 28.5 Å². The summed E-state index contributed by atoms with van der Waals surface area (Å²) in [5, 5.41) is 2.38. The molecule has 20 heavy (non-hydrogen) atoms. The van der Waals surface area contributed by atoms with Crippen molar-refractivity contribution in [3.05, 3.63) is 28.2 Å². The summed E-state index contributed by atoms with van der Waals surface area (Å²) in [6, 6.07) is 2.43. The van der Waals surface area contributed by atoms with Crippen LogP contribution in [0.4, 0.5) is 18.9 Å². The Morgan fingerprint density at radius 2 is 1.85 bits per heavy atom. The molecule has 1 rings (SSSR count). The maximum absolute atomic E-state index is 12.6. The summed E-state index contributed by atoms with van der Waals surface area (Å²) >= 11 is 2.98. The van der Waals surface area contributed by atoms with Crippen molar-refractivity contribution in [1.29, 1.82) is 0 Å². The zero-order valence-electron chi connectivity index (χ0n) is 10.8. The molecule has 114 valence electrons. The molecule has 0 unspecified atom stereocenters. The molecule has 0 spiro atoms. The topological polar surface area (TPSA) is 55.1 Å². The molecule has 0 saturated heterocycles. The second kappa shape index (κ2) is 7.28. The van der Waals surface area contributed by atoms with E-state index in [1.165, 1.54) is 6.07 Å². The van der Waals surface area contributed by atoms with Gasteiger partial charge in [0.05, 0.1) is 11.6 Å². The average Bonchev–Trinajstić information content (AvgIpc) is 2.25. The standard InChI is InChI=1S/C12H14BrF3N2O.ClH/c1-6(2)10(17)11(19)18-9-4-7(12(14,15)16)3-8(13)5-9;/h3-6,10H,17H2,1-2H3,(H,18,19);1H/t10-;/m1./s1. The van der Waals surface area contributed by atoms with Crippen LogP contribution in [0.2, 0.25) is 0 Å². The lowest BCUT2D eigenvalue weighted by Gasteiger charge is -2.16. The normalized spacial score (nSPS) is 12.8. The molecule has 0 heterocycles. The second-order valence-corrected chi connectivity index (χ2v) is 5.40. The highest BCUT2D eigenvalue weighted by Crippen LogP contribution is 2.33. The van der Waals surface area contributed by atoms with Gasteiger partial charge in [0.25, 0.3) is 0 Å². The zero-order valence-corrected chi connectivity index (χ0v) is 13.2. The van der Waals surface area contributed by atoms with Crippen LogP contribution in [0.15, 0.2) is 22.7 Å². The van der Waals surface area contributed by atoms with Crippen LogP contribution < -0.4 is 11.1 Å². The summed E-state index contributed by atoms with van der Waals surface area (Å²) in [6.07, 6.45) is -4.47. The summed E-state index contributed by atoms with van der Waals surface area (Å²) in [5.74, 6) is -0.615. The largest absolute Gasteiger partial charge is 0.416 e. The Hall–Kier alpha value is -0.790. The summed E-state index contributed by atoms with van der Waals surface area (Å²) in [7, 11) is 0. The van der Waals surface area contributed by atoms with E-state index in [1.807, 2.05) is 0 Å². The highest BCUT2D eigenvalue weighted by atomic mass is 79.9. The highest BCUT2D eigenvalue weighted by Gasteiger charge is 2.31. The van der Waals surface area contributed by atoms with Gasteiger partial charge in [-0.15, -0.1) is 12.4 Å². The lowest BCUT2D eigenvalue weighted by molar-refractivity contribution is -0.137. The number of hydrogen-bond acceptors (Lipinski definition) is 2. The van der Waals surface area contributed by atoms with Gasteiger partial charge in [0.1, 0.15) is 0 Å². The van der Waals surface area contributed by atoms with Gasteiger partial charge in [-0.3, -0.25) is 4.79 Å². The first-order valence-corrected chi connectivity index (χ1v) is 6.35. The van der Waals surface area contributed by atoms with Gasteiger partial charge in [-0.2, -0.15) is 13.2 Å². The van der Waals surface area contributed by atoms with E-state index in [4.69, 9.17) is 5.73 Å². The van der Waals surface area contributed by atoms with Crippen molar-refractivity contribution in [2.24, 2.45) is 11.7 Å². The van der Waals surface area contributed by atoms with Gasteiger partial charge in [0, 0.05) is 10.2 Å². The number of hydrogen-bond donors (Lipinski definition) is 2. The summed E-state index contributed by atoms with van der Waals surface area (Å²) < 4.78 is 38.1. The van der Waals surface area contributed by atoms with E-state index >= 15 is 0 Å². The highest BCUT2D eigenvalue weighted by molar-refractivity contribution is 9.10. The van der Waals surface area contributed by atoms with Crippen molar-refractivity contribution in [3.8, 4) is 0 Å². The van der Waals surface area contributed by atoms with Gasteiger partial charge in [0.15, 0.2) is 0 Å². The van der Waals surface area contributed by atoms with E-state index in [9.17, 15) is 18.0 Å². The number of benzene rings is 1. The fraction of sp³-hybridized carbons (Fsp3) is 0.417. The number of anilines is 1. The monoisotopic (exact) mass is 374 g/mol. The van der Waals surface area contributed by atoms with Crippen molar-refractivity contribution in [3.63, 3.8) is 0 Å². The van der Waals surface area contributed by atoms with E-state index in [1.54, 1.807) is 13.8 Å². The van der Waals surface area contributed by atoms with Crippen LogP contribution in [0.25, 0.3) is 0 Å². The quantitative estimate of drug-likeness (QED) is 0.844. The molecule has 0 saturated carbocycles. The predicted octanol–water partition coefficient (Wildman–Crippen LogP) is 3.81. The molecule has 0 aliphatic rings. The number of alkyl halides is 3. The van der Waals surface area contributed by atoms with Crippen molar-refractivity contribution >= 4 is 39.9 Å². The molecule has 3 N–H and O–H groups in total. The smallest absolute Gasteiger partial charge is 0.325 e. The third-order valence-electron chi connectivity index (χ3n) is 2.51. The van der Waals surface area contributed by atoms with Crippen molar-refractivity contribution in [2.75, 3.05) is 5.32 Å². The van der Waals surface area contributed by atoms with Gasteiger partial charge >= 0.3 is 6.18 Å². The van der Waals surface area contributed by atoms with E-state index in [0.29, 0.717) is 0 Å². The number of rotatable bonds is 3. The van der Waals surface area contributed by atoms with Gasteiger partial charge in [-0.05, 0) is 24.1 Å². The molecule has 3 nitrogen and oxygen atoms in total. The molecule has 0 radical (unpaired) electrons. The van der Waals surface area contributed by atoms with Gasteiger partial charge in [-0.1, -0.05) is 29.8 Å². The molecule has 0 aromatic heterocycles. The molecule has 1 amide bonds. The van der Waals surface area contributed by atoms with Crippen LogP contribution in [-0.2, 0) is 11.0 Å². The van der Waals surface area contributed by atoms with Crippen LogP contribution in [0.1, 0.15) is 19.4 Å². The molecule has 1 aromatic carbocycles. The number of carbonyl (C=O) groups is 1. The molecule has 0 bridgehead atoms. The second-order valence-electron chi connectivity index (χ2n) is 4.49. The number of nitrogens with two attached hydrogens (primary N) is 1. The van der Waals surface area contributed by atoms with Crippen molar-refractivity contribution in [1.82, 2.24) is 0 Å².